The summed E-state index contributed by atoms with van der Waals surface area (Å²) in [6.07, 6.45) is 8.60. The van der Waals surface area contributed by atoms with Gasteiger partial charge in [-0.15, -0.1) is 0 Å². The van der Waals surface area contributed by atoms with E-state index in [2.05, 4.69) is 26.1 Å². The van der Waals surface area contributed by atoms with Crippen LogP contribution in [0.3, 0.4) is 0 Å². The summed E-state index contributed by atoms with van der Waals surface area (Å²) in [5.74, 6) is 0.761. The molecule has 3 nitrogen and oxygen atoms in total. The van der Waals surface area contributed by atoms with E-state index in [1.54, 1.807) is 0 Å². The molecule has 1 rings (SSSR count). The molecule has 0 bridgehead atoms. The highest BCUT2D eigenvalue weighted by molar-refractivity contribution is 4.87. The molecule has 120 valence electrons. The molecule has 1 saturated carbocycles. The van der Waals surface area contributed by atoms with Crippen LogP contribution in [0.25, 0.3) is 0 Å². The molecule has 1 aliphatic carbocycles. The number of aliphatic hydroxyl groups excluding tert-OH is 1. The molecule has 1 atom stereocenters. The van der Waals surface area contributed by atoms with E-state index in [1.807, 2.05) is 0 Å². The standard InChI is InChI=1S/C17H35NO2/c1-4-5-10-20-13-16(19)12-18-14-17(11-15(2)3)8-6-7-9-17/h15-16,18-19H,4-14H2,1-3H3. The minimum absolute atomic E-state index is 0.371. The quantitative estimate of drug-likeness (QED) is 0.572. The van der Waals surface area contributed by atoms with E-state index in [9.17, 15) is 5.11 Å². The van der Waals surface area contributed by atoms with Gasteiger partial charge in [-0.2, -0.15) is 0 Å². The first kappa shape index (κ1) is 17.9. The lowest BCUT2D eigenvalue weighted by molar-refractivity contribution is 0.0341. The summed E-state index contributed by atoms with van der Waals surface area (Å²) >= 11 is 0. The van der Waals surface area contributed by atoms with Crippen molar-refractivity contribution in [3.63, 3.8) is 0 Å². The summed E-state index contributed by atoms with van der Waals surface area (Å²) < 4.78 is 5.46. The minimum atomic E-state index is -0.371. The highest BCUT2D eigenvalue weighted by atomic mass is 16.5. The monoisotopic (exact) mass is 285 g/mol. The average molecular weight is 285 g/mol. The molecule has 2 N–H and O–H groups in total. The minimum Gasteiger partial charge on any atom is -0.389 e. The van der Waals surface area contributed by atoms with E-state index in [-0.39, 0.29) is 6.10 Å². The Labute approximate surface area is 125 Å². The molecular formula is C17H35NO2. The molecule has 1 unspecified atom stereocenters. The molecule has 0 radical (unpaired) electrons. The number of ether oxygens (including phenoxy) is 1. The smallest absolute Gasteiger partial charge is 0.0897 e. The fraction of sp³-hybridized carbons (Fsp3) is 1.00. The summed E-state index contributed by atoms with van der Waals surface area (Å²) in [5.41, 5.74) is 0.483. The van der Waals surface area contributed by atoms with Crippen LogP contribution in [0.2, 0.25) is 0 Å². The fourth-order valence-electron chi connectivity index (χ4n) is 3.47. The maximum Gasteiger partial charge on any atom is 0.0897 e. The Morgan fingerprint density at radius 1 is 1.25 bits per heavy atom. The molecule has 0 aromatic carbocycles. The van der Waals surface area contributed by atoms with Gasteiger partial charge in [0, 0.05) is 19.7 Å². The number of hydrogen-bond donors (Lipinski definition) is 2. The average Bonchev–Trinajstić information content (AvgIpc) is 2.82. The second-order valence-corrected chi connectivity index (χ2v) is 7.02. The van der Waals surface area contributed by atoms with E-state index in [4.69, 9.17) is 4.74 Å². The second-order valence-electron chi connectivity index (χ2n) is 7.02. The zero-order valence-corrected chi connectivity index (χ0v) is 13.8. The Balaban J connectivity index is 2.17. The van der Waals surface area contributed by atoms with E-state index >= 15 is 0 Å². The molecule has 0 saturated heterocycles. The summed E-state index contributed by atoms with van der Waals surface area (Å²) in [7, 11) is 0. The molecule has 1 aliphatic rings. The highest BCUT2D eigenvalue weighted by Crippen LogP contribution is 2.42. The van der Waals surface area contributed by atoms with Crippen LogP contribution in [0.5, 0.6) is 0 Å². The van der Waals surface area contributed by atoms with Crippen LogP contribution in [0.15, 0.2) is 0 Å². The lowest BCUT2D eigenvalue weighted by Crippen LogP contribution is -2.38. The van der Waals surface area contributed by atoms with Crippen LogP contribution in [-0.2, 0) is 4.74 Å². The number of rotatable bonds is 11. The third-order valence-electron chi connectivity index (χ3n) is 4.34. The normalized spacial score (nSPS) is 19.6. The maximum atomic E-state index is 9.90. The molecular weight excluding hydrogens is 250 g/mol. The van der Waals surface area contributed by atoms with E-state index in [0.29, 0.717) is 18.6 Å². The van der Waals surface area contributed by atoms with Gasteiger partial charge in [-0.25, -0.2) is 0 Å². The lowest BCUT2D eigenvalue weighted by atomic mass is 9.78. The van der Waals surface area contributed by atoms with Crippen LogP contribution in [-0.4, -0.2) is 37.5 Å². The molecule has 0 aliphatic heterocycles. The van der Waals surface area contributed by atoms with Crippen LogP contribution < -0.4 is 5.32 Å². The van der Waals surface area contributed by atoms with Gasteiger partial charge in [0.15, 0.2) is 0 Å². The van der Waals surface area contributed by atoms with Crippen LogP contribution in [0.4, 0.5) is 0 Å². The summed E-state index contributed by atoms with van der Waals surface area (Å²) in [4.78, 5) is 0. The van der Waals surface area contributed by atoms with E-state index < -0.39 is 0 Å². The van der Waals surface area contributed by atoms with Crippen molar-refractivity contribution in [1.29, 1.82) is 0 Å². The fourth-order valence-corrected chi connectivity index (χ4v) is 3.47. The van der Waals surface area contributed by atoms with Crippen molar-refractivity contribution >= 4 is 0 Å². The second kappa shape index (κ2) is 9.75. The van der Waals surface area contributed by atoms with Crippen molar-refractivity contribution in [2.75, 3.05) is 26.3 Å². The van der Waals surface area contributed by atoms with E-state index in [0.717, 1.165) is 31.9 Å². The molecule has 0 aromatic heterocycles. The first-order chi connectivity index (χ1) is 9.58. The van der Waals surface area contributed by atoms with Crippen molar-refractivity contribution in [1.82, 2.24) is 5.32 Å². The molecule has 20 heavy (non-hydrogen) atoms. The molecule has 3 heteroatoms. The van der Waals surface area contributed by atoms with E-state index in [1.165, 1.54) is 32.1 Å². The third kappa shape index (κ3) is 7.05. The lowest BCUT2D eigenvalue weighted by Gasteiger charge is -2.31. The number of nitrogens with one attached hydrogen (secondary N) is 1. The summed E-state index contributed by atoms with van der Waals surface area (Å²) in [6, 6.07) is 0. The van der Waals surface area contributed by atoms with Crippen LogP contribution in [0.1, 0.15) is 65.7 Å². The highest BCUT2D eigenvalue weighted by Gasteiger charge is 2.33. The third-order valence-corrected chi connectivity index (χ3v) is 4.34. The summed E-state index contributed by atoms with van der Waals surface area (Å²) in [5, 5.41) is 13.4. The van der Waals surface area contributed by atoms with Gasteiger partial charge in [-0.3, -0.25) is 0 Å². The SMILES string of the molecule is CCCCOCC(O)CNCC1(CC(C)C)CCCC1. The molecule has 1 fully saturated rings. The first-order valence-electron chi connectivity index (χ1n) is 8.54. The van der Waals surface area contributed by atoms with Crippen LogP contribution >= 0.6 is 0 Å². The van der Waals surface area contributed by atoms with Gasteiger partial charge in [0.2, 0.25) is 0 Å². The van der Waals surface area contributed by atoms with Gasteiger partial charge < -0.3 is 15.2 Å². The molecule has 0 amide bonds. The van der Waals surface area contributed by atoms with Gasteiger partial charge in [-0.05, 0) is 37.0 Å². The first-order valence-corrected chi connectivity index (χ1v) is 8.54. The zero-order valence-electron chi connectivity index (χ0n) is 13.8. The molecule has 0 heterocycles. The predicted molar refractivity (Wildman–Crippen MR) is 85.0 cm³/mol. The Bertz CT molecular complexity index is 237. The van der Waals surface area contributed by atoms with Crippen molar-refractivity contribution in [2.45, 2.75) is 71.8 Å². The van der Waals surface area contributed by atoms with Crippen LogP contribution in [0, 0.1) is 11.3 Å². The van der Waals surface area contributed by atoms with Gasteiger partial charge in [-0.1, -0.05) is 40.0 Å². The largest absolute Gasteiger partial charge is 0.389 e. The van der Waals surface area contributed by atoms with Crippen molar-refractivity contribution < 1.29 is 9.84 Å². The van der Waals surface area contributed by atoms with Gasteiger partial charge >= 0.3 is 0 Å². The Hall–Kier alpha value is -0.120. The Morgan fingerprint density at radius 2 is 1.95 bits per heavy atom. The number of hydrogen-bond acceptors (Lipinski definition) is 3. The zero-order chi connectivity index (χ0) is 14.8. The van der Waals surface area contributed by atoms with Gasteiger partial charge in [0.1, 0.15) is 0 Å². The summed E-state index contributed by atoms with van der Waals surface area (Å²) in [6.45, 7) is 9.72. The predicted octanol–water partition coefficient (Wildman–Crippen LogP) is 3.36. The van der Waals surface area contributed by atoms with Gasteiger partial charge in [0.05, 0.1) is 12.7 Å². The molecule has 0 aromatic rings. The number of unbranched alkanes of at least 4 members (excludes halogenated alkanes) is 1. The van der Waals surface area contributed by atoms with Gasteiger partial charge in [0.25, 0.3) is 0 Å². The number of aliphatic hydroxyl groups is 1. The molecule has 0 spiro atoms. The van der Waals surface area contributed by atoms with Crippen molar-refractivity contribution in [3.8, 4) is 0 Å². The van der Waals surface area contributed by atoms with Crippen molar-refractivity contribution in [3.05, 3.63) is 0 Å². The maximum absolute atomic E-state index is 9.90. The Morgan fingerprint density at radius 3 is 2.55 bits per heavy atom. The Kier molecular flexibility index (Phi) is 8.74. The topological polar surface area (TPSA) is 41.5 Å². The van der Waals surface area contributed by atoms with Crippen molar-refractivity contribution in [2.24, 2.45) is 11.3 Å².